The van der Waals surface area contributed by atoms with E-state index in [2.05, 4.69) is 55.4 Å². The summed E-state index contributed by atoms with van der Waals surface area (Å²) in [6.45, 7) is 18.3. The molecule has 0 aromatic heterocycles. The highest BCUT2D eigenvalue weighted by Gasteiger charge is 2.40. The third kappa shape index (κ3) is 3.41. The van der Waals surface area contributed by atoms with Crippen LogP contribution in [0.1, 0.15) is 87.5 Å². The van der Waals surface area contributed by atoms with Gasteiger partial charge in [0.15, 0.2) is 0 Å². The lowest BCUT2D eigenvalue weighted by Gasteiger charge is -2.44. The summed E-state index contributed by atoms with van der Waals surface area (Å²) in [5.41, 5.74) is 9.05. The second-order valence-corrected chi connectivity index (χ2v) is 9.05. The van der Waals surface area contributed by atoms with Gasteiger partial charge in [-0.15, -0.1) is 0 Å². The summed E-state index contributed by atoms with van der Waals surface area (Å²) in [6.07, 6.45) is 5.37. The highest BCUT2D eigenvalue weighted by Crippen LogP contribution is 2.51. The first kappa shape index (κ1) is 19.5. The van der Waals surface area contributed by atoms with Gasteiger partial charge < -0.3 is 0 Å². The Bertz CT molecular complexity index is 607. The highest BCUT2D eigenvalue weighted by atomic mass is 17.1. The molecule has 3 atom stereocenters. The van der Waals surface area contributed by atoms with Crippen LogP contribution < -0.4 is 0 Å². The fourth-order valence-electron chi connectivity index (χ4n) is 4.76. The van der Waals surface area contributed by atoms with Crippen molar-refractivity contribution in [2.45, 2.75) is 93.6 Å². The van der Waals surface area contributed by atoms with Gasteiger partial charge in [0.05, 0.1) is 0 Å². The normalized spacial score (nSPS) is 36.1. The van der Waals surface area contributed by atoms with E-state index in [0.29, 0.717) is 0 Å². The molecular weight excluding hydrogens is 296 g/mol. The van der Waals surface area contributed by atoms with Gasteiger partial charge in [0.25, 0.3) is 0 Å². The van der Waals surface area contributed by atoms with E-state index in [9.17, 15) is 5.26 Å². The lowest BCUT2D eigenvalue weighted by Crippen LogP contribution is -2.34. The second kappa shape index (κ2) is 6.80. The summed E-state index contributed by atoms with van der Waals surface area (Å²) < 4.78 is 0. The Kier molecular flexibility index (Phi) is 5.52. The molecule has 0 amide bonds. The lowest BCUT2D eigenvalue weighted by atomic mass is 9.62. The molecule has 0 saturated heterocycles. The molecule has 1 N–H and O–H groups in total. The Hall–Kier alpha value is -0.860. The fourth-order valence-corrected chi connectivity index (χ4v) is 4.76. The van der Waals surface area contributed by atoms with Crippen LogP contribution in [0.15, 0.2) is 33.4 Å². The van der Waals surface area contributed by atoms with Gasteiger partial charge in [0.1, 0.15) is 6.10 Å². The van der Waals surface area contributed by atoms with E-state index in [-0.39, 0.29) is 16.9 Å². The van der Waals surface area contributed by atoms with Crippen molar-refractivity contribution in [1.29, 1.82) is 0 Å². The summed E-state index contributed by atoms with van der Waals surface area (Å²) in [4.78, 5) is 4.81. The number of allylic oxidation sites excluding steroid dienone is 5. The van der Waals surface area contributed by atoms with Crippen molar-refractivity contribution >= 4 is 0 Å². The van der Waals surface area contributed by atoms with E-state index < -0.39 is 0 Å². The first-order chi connectivity index (χ1) is 11.0. The van der Waals surface area contributed by atoms with E-state index in [0.717, 1.165) is 12.8 Å². The van der Waals surface area contributed by atoms with Crippen LogP contribution in [-0.4, -0.2) is 11.4 Å². The molecule has 0 saturated carbocycles. The zero-order valence-corrected chi connectivity index (χ0v) is 17.0. The third-order valence-corrected chi connectivity index (χ3v) is 7.38. The monoisotopic (exact) mass is 332 g/mol. The second-order valence-electron chi connectivity index (χ2n) is 9.05. The van der Waals surface area contributed by atoms with Crippen molar-refractivity contribution in [2.24, 2.45) is 10.8 Å². The van der Waals surface area contributed by atoms with Crippen LogP contribution in [0.3, 0.4) is 0 Å². The largest absolute Gasteiger partial charge is 0.251 e. The van der Waals surface area contributed by atoms with Crippen molar-refractivity contribution in [3.05, 3.63) is 33.4 Å². The van der Waals surface area contributed by atoms with Crippen LogP contribution in [0, 0.1) is 10.8 Å². The predicted molar refractivity (Wildman–Crippen MR) is 102 cm³/mol. The standard InChI is InChI=1S/C22H36O2/c1-14-9-10-21(7,11-15(14)2)18(5)19(6)22(8)12-16(3)17(4)20(13-22)24-23/h20,23H,9-13H2,1-8H3/b19-18+. The van der Waals surface area contributed by atoms with Gasteiger partial charge in [0, 0.05) is 0 Å². The average Bonchev–Trinajstić information content (AvgIpc) is 2.53. The van der Waals surface area contributed by atoms with Gasteiger partial charge in [0.2, 0.25) is 0 Å². The first-order valence-electron chi connectivity index (χ1n) is 9.34. The zero-order chi connectivity index (χ0) is 18.3. The molecule has 0 aliphatic heterocycles. The molecular formula is C22H36O2. The van der Waals surface area contributed by atoms with Crippen LogP contribution in [-0.2, 0) is 4.89 Å². The summed E-state index contributed by atoms with van der Waals surface area (Å²) in [7, 11) is 0. The molecule has 0 spiro atoms. The van der Waals surface area contributed by atoms with Crippen molar-refractivity contribution in [2.75, 3.05) is 0 Å². The van der Waals surface area contributed by atoms with Crippen molar-refractivity contribution in [3.63, 3.8) is 0 Å². The van der Waals surface area contributed by atoms with Gasteiger partial charge in [-0.05, 0) is 90.0 Å². The van der Waals surface area contributed by atoms with Gasteiger partial charge >= 0.3 is 0 Å². The first-order valence-corrected chi connectivity index (χ1v) is 9.34. The average molecular weight is 333 g/mol. The van der Waals surface area contributed by atoms with Gasteiger partial charge in [-0.25, -0.2) is 4.89 Å². The topological polar surface area (TPSA) is 29.5 Å². The molecule has 24 heavy (non-hydrogen) atoms. The Morgan fingerprint density at radius 2 is 1.46 bits per heavy atom. The number of hydrogen-bond acceptors (Lipinski definition) is 2. The summed E-state index contributed by atoms with van der Waals surface area (Å²) >= 11 is 0. The van der Waals surface area contributed by atoms with E-state index >= 15 is 0 Å². The molecule has 2 rings (SSSR count). The molecule has 0 radical (unpaired) electrons. The molecule has 2 aliphatic carbocycles. The van der Waals surface area contributed by atoms with E-state index in [4.69, 9.17) is 4.89 Å². The van der Waals surface area contributed by atoms with Gasteiger partial charge in [-0.2, -0.15) is 0 Å². The van der Waals surface area contributed by atoms with E-state index in [1.165, 1.54) is 36.0 Å². The molecule has 0 aromatic carbocycles. The van der Waals surface area contributed by atoms with E-state index in [1.807, 2.05) is 0 Å². The maximum Gasteiger partial charge on any atom is 0.115 e. The number of rotatable bonds is 3. The zero-order valence-electron chi connectivity index (χ0n) is 17.0. The quantitative estimate of drug-likeness (QED) is 0.348. The van der Waals surface area contributed by atoms with Crippen molar-refractivity contribution in [1.82, 2.24) is 0 Å². The minimum Gasteiger partial charge on any atom is -0.251 e. The molecule has 0 heterocycles. The Balaban J connectivity index is 2.39. The summed E-state index contributed by atoms with van der Waals surface area (Å²) in [5.74, 6) is 0. The van der Waals surface area contributed by atoms with E-state index in [1.54, 1.807) is 16.7 Å². The Morgan fingerprint density at radius 3 is 2.00 bits per heavy atom. The highest BCUT2D eigenvalue weighted by molar-refractivity contribution is 5.33. The maximum absolute atomic E-state index is 9.34. The molecule has 0 aromatic rings. The molecule has 2 aliphatic rings. The molecule has 2 heteroatoms. The van der Waals surface area contributed by atoms with Crippen LogP contribution in [0.25, 0.3) is 0 Å². The Morgan fingerprint density at radius 1 is 0.917 bits per heavy atom. The van der Waals surface area contributed by atoms with Crippen molar-refractivity contribution in [3.8, 4) is 0 Å². The lowest BCUT2D eigenvalue weighted by molar-refractivity contribution is -0.274. The molecule has 0 bridgehead atoms. The van der Waals surface area contributed by atoms with Crippen LogP contribution in [0.4, 0.5) is 0 Å². The summed E-state index contributed by atoms with van der Waals surface area (Å²) in [5, 5.41) is 9.34. The minimum atomic E-state index is -0.172. The van der Waals surface area contributed by atoms with Crippen LogP contribution >= 0.6 is 0 Å². The Labute approximate surface area is 148 Å². The molecule has 2 nitrogen and oxygen atoms in total. The van der Waals surface area contributed by atoms with Crippen molar-refractivity contribution < 1.29 is 10.1 Å². The van der Waals surface area contributed by atoms with Gasteiger partial charge in [-0.3, -0.25) is 5.26 Å². The predicted octanol–water partition coefficient (Wildman–Crippen LogP) is 6.84. The SMILES string of the molecule is CC1=C(C)CC(C)(/C(C)=C(\C)C2(C)CC(C)=C(C)C(OO)C2)CC1. The summed E-state index contributed by atoms with van der Waals surface area (Å²) in [6, 6.07) is 0. The smallest absolute Gasteiger partial charge is 0.115 e. The van der Waals surface area contributed by atoms with Gasteiger partial charge in [-0.1, -0.05) is 41.7 Å². The molecule has 136 valence electrons. The minimum absolute atomic E-state index is 0.0637. The molecule has 3 unspecified atom stereocenters. The molecule has 0 fully saturated rings. The van der Waals surface area contributed by atoms with Crippen LogP contribution in [0.5, 0.6) is 0 Å². The number of hydrogen-bond donors (Lipinski definition) is 1. The maximum atomic E-state index is 9.34. The third-order valence-electron chi connectivity index (χ3n) is 7.38. The fraction of sp³-hybridized carbons (Fsp3) is 0.727. The van der Waals surface area contributed by atoms with Crippen LogP contribution in [0.2, 0.25) is 0 Å².